The lowest BCUT2D eigenvalue weighted by Gasteiger charge is -2.19. The molecule has 0 saturated carbocycles. The largest absolute Gasteiger partial charge is 0.455 e. The second kappa shape index (κ2) is 11.7. The summed E-state index contributed by atoms with van der Waals surface area (Å²) in [4.78, 5) is 15.8. The highest BCUT2D eigenvalue weighted by Crippen LogP contribution is 2.43. The monoisotopic (exact) mass is 707 g/mol. The summed E-state index contributed by atoms with van der Waals surface area (Å²) in [5, 5.41) is 9.65. The van der Waals surface area contributed by atoms with Crippen molar-refractivity contribution in [1.82, 2.24) is 15.0 Å². The highest BCUT2D eigenvalue weighted by molar-refractivity contribution is 7.04. The van der Waals surface area contributed by atoms with E-state index in [4.69, 9.17) is 19.4 Å². The summed E-state index contributed by atoms with van der Waals surface area (Å²) in [6.45, 7) is 4.87. The van der Waals surface area contributed by atoms with Crippen LogP contribution in [0.5, 0.6) is 0 Å². The number of fused-ring (bicyclic) bond motifs is 9. The molecular formula is C49H33N3OSi. The number of aromatic nitrogens is 3. The van der Waals surface area contributed by atoms with Crippen LogP contribution in [0.1, 0.15) is 0 Å². The van der Waals surface area contributed by atoms with Crippen molar-refractivity contribution in [2.75, 3.05) is 0 Å². The summed E-state index contributed by atoms with van der Waals surface area (Å²) in [6.07, 6.45) is 0. The van der Waals surface area contributed by atoms with E-state index in [-0.39, 0.29) is 0 Å². The van der Waals surface area contributed by atoms with Crippen LogP contribution in [-0.2, 0) is 0 Å². The van der Waals surface area contributed by atoms with Gasteiger partial charge in [0.25, 0.3) is 0 Å². The third kappa shape index (κ3) is 4.65. The van der Waals surface area contributed by atoms with Crippen LogP contribution < -0.4 is 10.4 Å². The molecule has 254 valence electrons. The molecule has 8 aromatic carbocycles. The van der Waals surface area contributed by atoms with Gasteiger partial charge in [0.05, 0.1) is 0 Å². The van der Waals surface area contributed by atoms with E-state index in [0.29, 0.717) is 17.5 Å². The van der Waals surface area contributed by atoms with Gasteiger partial charge in [-0.3, -0.25) is 0 Å². The molecule has 4 nitrogen and oxygen atoms in total. The van der Waals surface area contributed by atoms with Crippen LogP contribution in [0.4, 0.5) is 0 Å². The van der Waals surface area contributed by atoms with Gasteiger partial charge in [-0.25, -0.2) is 15.0 Å². The van der Waals surface area contributed by atoms with Gasteiger partial charge < -0.3 is 4.42 Å². The first kappa shape index (κ1) is 30.9. The van der Waals surface area contributed by atoms with Gasteiger partial charge in [-0.15, -0.1) is 0 Å². The fraction of sp³-hybridized carbons (Fsp3) is 0.0408. The summed E-state index contributed by atoms with van der Waals surface area (Å²) in [5.41, 5.74) is 9.46. The Labute approximate surface area is 313 Å². The number of hydrogen-bond donors (Lipinski definition) is 0. The molecule has 0 amide bonds. The minimum Gasteiger partial charge on any atom is -0.455 e. The van der Waals surface area contributed by atoms with Crippen molar-refractivity contribution >= 4 is 61.9 Å². The van der Waals surface area contributed by atoms with Gasteiger partial charge >= 0.3 is 0 Å². The average molecular weight is 708 g/mol. The Balaban J connectivity index is 1.16. The molecule has 10 aromatic rings. The van der Waals surface area contributed by atoms with Gasteiger partial charge in [0.2, 0.25) is 0 Å². The topological polar surface area (TPSA) is 51.8 Å². The zero-order valence-corrected chi connectivity index (χ0v) is 30.8. The molecular weight excluding hydrogens is 675 g/mol. The summed E-state index contributed by atoms with van der Waals surface area (Å²) in [7, 11) is -2.09. The van der Waals surface area contributed by atoms with Crippen molar-refractivity contribution in [3.8, 4) is 56.4 Å². The van der Waals surface area contributed by atoms with Crippen molar-refractivity contribution in [3.63, 3.8) is 0 Å². The Kier molecular flexibility index (Phi) is 6.67. The van der Waals surface area contributed by atoms with Gasteiger partial charge in [-0.2, -0.15) is 0 Å². The van der Waals surface area contributed by atoms with E-state index in [1.165, 1.54) is 43.2 Å². The van der Waals surface area contributed by atoms with Crippen molar-refractivity contribution < 1.29 is 4.42 Å². The molecule has 0 atom stereocenters. The maximum atomic E-state index is 6.82. The van der Waals surface area contributed by atoms with Crippen LogP contribution in [0.25, 0.3) is 99.9 Å². The van der Waals surface area contributed by atoms with Crippen molar-refractivity contribution in [1.29, 1.82) is 0 Å². The molecule has 0 fully saturated rings. The van der Waals surface area contributed by atoms with E-state index < -0.39 is 8.07 Å². The van der Waals surface area contributed by atoms with Crippen molar-refractivity contribution in [3.05, 3.63) is 164 Å². The minimum absolute atomic E-state index is 0.633. The third-order valence-corrected chi connectivity index (χ3v) is 14.8. The van der Waals surface area contributed by atoms with E-state index in [0.717, 1.165) is 49.6 Å². The molecule has 2 aromatic heterocycles. The van der Waals surface area contributed by atoms with Crippen LogP contribution in [-0.4, -0.2) is 23.0 Å². The molecule has 1 aliphatic rings. The summed E-state index contributed by atoms with van der Waals surface area (Å²) < 4.78 is 6.82. The second-order valence-electron chi connectivity index (χ2n) is 14.8. The number of hydrogen-bond acceptors (Lipinski definition) is 4. The first-order valence-corrected chi connectivity index (χ1v) is 21.4. The van der Waals surface area contributed by atoms with Crippen LogP contribution in [0.15, 0.2) is 168 Å². The maximum Gasteiger partial charge on any atom is 0.164 e. The summed E-state index contributed by atoms with van der Waals surface area (Å²) >= 11 is 0. The Morgan fingerprint density at radius 2 is 1.04 bits per heavy atom. The molecule has 0 unspecified atom stereocenters. The quantitative estimate of drug-likeness (QED) is 0.171. The number of rotatable bonds is 4. The number of furan rings is 1. The zero-order chi connectivity index (χ0) is 36.0. The predicted molar refractivity (Wildman–Crippen MR) is 226 cm³/mol. The van der Waals surface area contributed by atoms with E-state index in [9.17, 15) is 0 Å². The zero-order valence-electron chi connectivity index (χ0n) is 29.8. The first-order valence-electron chi connectivity index (χ1n) is 18.4. The second-order valence-corrected chi connectivity index (χ2v) is 19.1. The SMILES string of the molecule is C[Si]1(C)c2ccccc2-c2c1cc(-c1nc(-c3ccc(-c4cccc5ccccc45)cc3)nc(-c3ccc4ccccc4c3)n1)c1c2oc2ccccc21. The molecule has 0 bridgehead atoms. The average Bonchev–Trinajstić information content (AvgIpc) is 3.72. The lowest BCUT2D eigenvalue weighted by molar-refractivity contribution is 0.670. The Morgan fingerprint density at radius 3 is 1.89 bits per heavy atom. The first-order chi connectivity index (χ1) is 26.5. The summed E-state index contributed by atoms with van der Waals surface area (Å²) in [6, 6.07) is 58.1. The Bertz CT molecular complexity index is 3140. The van der Waals surface area contributed by atoms with Crippen LogP contribution >= 0.6 is 0 Å². The maximum absolute atomic E-state index is 6.82. The molecule has 0 aliphatic carbocycles. The van der Waals surface area contributed by atoms with Gasteiger partial charge in [0.1, 0.15) is 19.2 Å². The van der Waals surface area contributed by atoms with Crippen LogP contribution in [0, 0.1) is 0 Å². The molecule has 3 heterocycles. The Morgan fingerprint density at radius 1 is 0.426 bits per heavy atom. The van der Waals surface area contributed by atoms with Gasteiger partial charge in [-0.1, -0.05) is 159 Å². The highest BCUT2D eigenvalue weighted by atomic mass is 28.3. The molecule has 0 saturated heterocycles. The lowest BCUT2D eigenvalue weighted by Crippen LogP contribution is -2.49. The van der Waals surface area contributed by atoms with E-state index in [1.54, 1.807) is 0 Å². The lowest BCUT2D eigenvalue weighted by atomic mass is 9.97. The summed E-state index contributed by atoms with van der Waals surface area (Å²) in [5.74, 6) is 1.91. The fourth-order valence-corrected chi connectivity index (χ4v) is 11.6. The van der Waals surface area contributed by atoms with Gasteiger partial charge in [-0.05, 0) is 66.8 Å². The molecule has 0 radical (unpaired) electrons. The number of nitrogens with zero attached hydrogens (tertiary/aromatic N) is 3. The van der Waals surface area contributed by atoms with E-state index in [1.807, 2.05) is 6.07 Å². The third-order valence-electron chi connectivity index (χ3n) is 11.3. The van der Waals surface area contributed by atoms with Gasteiger partial charge in [0.15, 0.2) is 17.5 Å². The molecule has 0 N–H and O–H groups in total. The molecule has 1 aliphatic heterocycles. The number of benzene rings is 8. The van der Waals surface area contributed by atoms with E-state index >= 15 is 0 Å². The smallest absolute Gasteiger partial charge is 0.164 e. The molecule has 5 heteroatoms. The van der Waals surface area contributed by atoms with Crippen molar-refractivity contribution in [2.24, 2.45) is 0 Å². The molecule has 54 heavy (non-hydrogen) atoms. The van der Waals surface area contributed by atoms with E-state index in [2.05, 4.69) is 171 Å². The Hall–Kier alpha value is -6.69. The number of para-hydroxylation sites is 1. The normalized spacial score (nSPS) is 13.1. The van der Waals surface area contributed by atoms with Gasteiger partial charge in [0, 0.05) is 33.0 Å². The predicted octanol–water partition coefficient (Wildman–Crippen LogP) is 11.5. The highest BCUT2D eigenvalue weighted by Gasteiger charge is 2.40. The standard InChI is InChI=1S/C49H33N3OSi/c1-54(2)42-21-10-8-18-39(42)45-43(54)29-40(44-38-17-7-9-20-41(38)53-46(44)45)49-51-47(50-48(52-49)35-27-22-30-12-3-4-14-34(30)28-35)33-25-23-32(24-26-33)37-19-11-15-31-13-5-6-16-36(31)37/h3-29H,1-2H3. The fourth-order valence-electron chi connectivity index (χ4n) is 8.59. The van der Waals surface area contributed by atoms with Crippen LogP contribution in [0.2, 0.25) is 13.1 Å². The molecule has 11 rings (SSSR count). The van der Waals surface area contributed by atoms with Crippen molar-refractivity contribution in [2.45, 2.75) is 13.1 Å². The molecule has 0 spiro atoms. The minimum atomic E-state index is -2.09. The van der Waals surface area contributed by atoms with Crippen LogP contribution in [0.3, 0.4) is 0 Å².